The summed E-state index contributed by atoms with van der Waals surface area (Å²) >= 11 is 7.49. The fourth-order valence-corrected chi connectivity index (χ4v) is 3.27. The van der Waals surface area contributed by atoms with Crippen LogP contribution in [-0.2, 0) is 14.3 Å². The van der Waals surface area contributed by atoms with E-state index < -0.39 is 11.9 Å². The summed E-state index contributed by atoms with van der Waals surface area (Å²) in [5.74, 6) is -0.702. The van der Waals surface area contributed by atoms with E-state index in [0.717, 1.165) is 4.90 Å². The minimum Gasteiger partial charge on any atom is -0.456 e. The van der Waals surface area contributed by atoms with Crippen molar-refractivity contribution in [1.29, 1.82) is 0 Å². The zero-order chi connectivity index (χ0) is 19.6. The third-order valence-corrected chi connectivity index (χ3v) is 4.92. The second-order valence-corrected chi connectivity index (χ2v) is 6.94. The largest absolute Gasteiger partial charge is 0.456 e. The van der Waals surface area contributed by atoms with Crippen LogP contribution < -0.4 is 10.6 Å². The van der Waals surface area contributed by atoms with Crippen LogP contribution in [-0.4, -0.2) is 37.2 Å². The third-order valence-electron chi connectivity index (χ3n) is 3.40. The van der Waals surface area contributed by atoms with Crippen LogP contribution in [0.2, 0.25) is 5.02 Å². The fourth-order valence-electron chi connectivity index (χ4n) is 2.10. The Hall–Kier alpha value is -2.51. The minimum absolute atomic E-state index is 0.162. The van der Waals surface area contributed by atoms with Crippen molar-refractivity contribution in [3.05, 3.63) is 59.1 Å². The first-order chi connectivity index (χ1) is 13.0. The van der Waals surface area contributed by atoms with E-state index in [-0.39, 0.29) is 18.9 Å². The van der Waals surface area contributed by atoms with Crippen LogP contribution in [0.5, 0.6) is 0 Å². The molecule has 2 N–H and O–H groups in total. The zero-order valence-corrected chi connectivity index (χ0v) is 16.2. The van der Waals surface area contributed by atoms with E-state index in [1.807, 2.05) is 18.2 Å². The molecule has 0 bridgehead atoms. The number of benzene rings is 2. The van der Waals surface area contributed by atoms with Gasteiger partial charge in [-0.1, -0.05) is 29.8 Å². The van der Waals surface area contributed by atoms with Crippen molar-refractivity contribution in [2.24, 2.45) is 0 Å². The molecular formula is C19H19ClN2O4S. The Morgan fingerprint density at radius 1 is 1.11 bits per heavy atom. The van der Waals surface area contributed by atoms with Gasteiger partial charge in [0.25, 0.3) is 11.8 Å². The average Bonchev–Trinajstić information content (AvgIpc) is 2.67. The molecule has 142 valence electrons. The van der Waals surface area contributed by atoms with E-state index in [4.69, 9.17) is 16.3 Å². The molecule has 0 heterocycles. The first-order valence-corrected chi connectivity index (χ1v) is 9.51. The molecule has 0 spiro atoms. The van der Waals surface area contributed by atoms with Gasteiger partial charge in [0.15, 0.2) is 6.61 Å². The number of esters is 1. The van der Waals surface area contributed by atoms with Gasteiger partial charge < -0.3 is 15.4 Å². The van der Waals surface area contributed by atoms with Crippen LogP contribution in [0.4, 0.5) is 5.69 Å². The standard InChI is InChI=1S/C19H19ClN2O4S/c1-21-19(25)13-5-4-6-14(11-13)22-17(23)12-26-18(24)9-10-27-16-8-3-2-7-15(16)20/h2-8,11H,9-10,12H2,1H3,(H,21,25)(H,22,23). The van der Waals surface area contributed by atoms with Crippen molar-refractivity contribution in [2.75, 3.05) is 24.7 Å². The van der Waals surface area contributed by atoms with Crippen molar-refractivity contribution in [3.63, 3.8) is 0 Å². The van der Waals surface area contributed by atoms with Crippen molar-refractivity contribution >= 4 is 46.8 Å². The summed E-state index contributed by atoms with van der Waals surface area (Å²) in [5, 5.41) is 5.73. The summed E-state index contributed by atoms with van der Waals surface area (Å²) in [6.45, 7) is -0.389. The molecule has 2 amide bonds. The predicted octanol–water partition coefficient (Wildman–Crippen LogP) is 3.36. The van der Waals surface area contributed by atoms with Crippen LogP contribution in [0.15, 0.2) is 53.4 Å². The Morgan fingerprint density at radius 2 is 1.89 bits per heavy atom. The van der Waals surface area contributed by atoms with Crippen LogP contribution >= 0.6 is 23.4 Å². The minimum atomic E-state index is -0.476. The van der Waals surface area contributed by atoms with Crippen LogP contribution in [0.1, 0.15) is 16.8 Å². The average molecular weight is 407 g/mol. The lowest BCUT2D eigenvalue weighted by Crippen LogP contribution is -2.22. The smallest absolute Gasteiger partial charge is 0.307 e. The van der Waals surface area contributed by atoms with Gasteiger partial charge in [-0.3, -0.25) is 14.4 Å². The highest BCUT2D eigenvalue weighted by molar-refractivity contribution is 7.99. The van der Waals surface area contributed by atoms with Crippen LogP contribution in [0.3, 0.4) is 0 Å². The normalized spacial score (nSPS) is 10.1. The molecule has 0 aromatic heterocycles. The lowest BCUT2D eigenvalue weighted by atomic mass is 10.2. The van der Waals surface area contributed by atoms with E-state index in [1.165, 1.54) is 18.8 Å². The molecule has 0 aliphatic rings. The molecule has 0 fully saturated rings. The molecule has 0 saturated carbocycles. The molecule has 0 unspecified atom stereocenters. The fraction of sp³-hybridized carbons (Fsp3) is 0.211. The number of carbonyl (C=O) groups excluding carboxylic acids is 3. The highest BCUT2D eigenvalue weighted by Gasteiger charge is 2.10. The molecule has 0 aliphatic carbocycles. The predicted molar refractivity (Wildman–Crippen MR) is 106 cm³/mol. The Bertz CT molecular complexity index is 829. The molecular weight excluding hydrogens is 388 g/mol. The first kappa shape index (κ1) is 20.8. The highest BCUT2D eigenvalue weighted by Crippen LogP contribution is 2.26. The van der Waals surface area contributed by atoms with Gasteiger partial charge in [-0.05, 0) is 30.3 Å². The SMILES string of the molecule is CNC(=O)c1cccc(NC(=O)COC(=O)CCSc2ccccc2Cl)c1. The van der Waals surface area contributed by atoms with Crippen LogP contribution in [0.25, 0.3) is 0 Å². The molecule has 8 heteroatoms. The molecule has 2 rings (SSSR count). The summed E-state index contributed by atoms with van der Waals surface area (Å²) in [6.07, 6.45) is 0.162. The van der Waals surface area contributed by atoms with Gasteiger partial charge in [0.2, 0.25) is 0 Å². The number of halogens is 1. The second kappa shape index (κ2) is 10.6. The summed E-state index contributed by atoms with van der Waals surface area (Å²) < 4.78 is 4.97. The van der Waals surface area contributed by atoms with E-state index in [9.17, 15) is 14.4 Å². The topological polar surface area (TPSA) is 84.5 Å². The molecule has 0 atom stereocenters. The quantitative estimate of drug-likeness (QED) is 0.518. The first-order valence-electron chi connectivity index (χ1n) is 8.14. The maximum absolute atomic E-state index is 11.9. The number of amides is 2. The lowest BCUT2D eigenvalue weighted by Gasteiger charge is -2.08. The second-order valence-electron chi connectivity index (χ2n) is 5.40. The summed E-state index contributed by atoms with van der Waals surface area (Å²) in [7, 11) is 1.52. The maximum Gasteiger partial charge on any atom is 0.307 e. The van der Waals surface area contributed by atoms with E-state index in [1.54, 1.807) is 30.3 Å². The maximum atomic E-state index is 11.9. The van der Waals surface area contributed by atoms with Gasteiger partial charge in [-0.2, -0.15) is 0 Å². The Morgan fingerprint density at radius 3 is 2.63 bits per heavy atom. The van der Waals surface area contributed by atoms with Gasteiger partial charge >= 0.3 is 5.97 Å². The molecule has 27 heavy (non-hydrogen) atoms. The number of ether oxygens (including phenoxy) is 1. The number of anilines is 1. The molecule has 6 nitrogen and oxygen atoms in total. The molecule has 0 saturated heterocycles. The Labute approximate surface area is 166 Å². The number of rotatable bonds is 8. The van der Waals surface area contributed by atoms with Crippen molar-refractivity contribution in [1.82, 2.24) is 5.32 Å². The number of nitrogens with one attached hydrogen (secondary N) is 2. The number of hydrogen-bond acceptors (Lipinski definition) is 5. The van der Waals surface area contributed by atoms with E-state index >= 15 is 0 Å². The highest BCUT2D eigenvalue weighted by atomic mass is 35.5. The monoisotopic (exact) mass is 406 g/mol. The van der Waals surface area contributed by atoms with E-state index in [0.29, 0.717) is 22.0 Å². The van der Waals surface area contributed by atoms with Gasteiger partial charge in [-0.15, -0.1) is 11.8 Å². The third kappa shape index (κ3) is 6.96. The lowest BCUT2D eigenvalue weighted by molar-refractivity contribution is -0.146. The zero-order valence-electron chi connectivity index (χ0n) is 14.7. The van der Waals surface area contributed by atoms with Gasteiger partial charge in [-0.25, -0.2) is 0 Å². The number of thioether (sulfide) groups is 1. The summed E-state index contributed by atoms with van der Waals surface area (Å²) in [4.78, 5) is 36.1. The van der Waals surface area contributed by atoms with Crippen molar-refractivity contribution < 1.29 is 19.1 Å². The van der Waals surface area contributed by atoms with Gasteiger partial charge in [0.05, 0.1) is 11.4 Å². The molecule has 0 radical (unpaired) electrons. The molecule has 0 aliphatic heterocycles. The number of carbonyl (C=O) groups is 3. The summed E-state index contributed by atoms with van der Waals surface area (Å²) in [6, 6.07) is 13.8. The van der Waals surface area contributed by atoms with Gasteiger partial charge in [0, 0.05) is 28.9 Å². The molecule has 2 aromatic rings. The molecule has 2 aromatic carbocycles. The Balaban J connectivity index is 1.73. The van der Waals surface area contributed by atoms with E-state index in [2.05, 4.69) is 10.6 Å². The van der Waals surface area contributed by atoms with Crippen LogP contribution in [0, 0.1) is 0 Å². The summed E-state index contributed by atoms with van der Waals surface area (Å²) in [5.41, 5.74) is 0.871. The Kier molecular flexibility index (Phi) is 8.16. The number of hydrogen-bond donors (Lipinski definition) is 2. The van der Waals surface area contributed by atoms with Gasteiger partial charge in [0.1, 0.15) is 0 Å². The van der Waals surface area contributed by atoms with Crippen molar-refractivity contribution in [3.8, 4) is 0 Å². The van der Waals surface area contributed by atoms with Crippen molar-refractivity contribution in [2.45, 2.75) is 11.3 Å².